The second kappa shape index (κ2) is 5.64. The number of carbonyl (C=O) groups is 1. The first-order valence-electron chi connectivity index (χ1n) is 6.22. The molecule has 1 fully saturated rings. The summed E-state index contributed by atoms with van der Waals surface area (Å²) in [6.07, 6.45) is -3.63. The zero-order valence-corrected chi connectivity index (χ0v) is 11.8. The fourth-order valence-corrected chi connectivity index (χ4v) is 2.21. The number of hydrogen-bond acceptors (Lipinski definition) is 2. The van der Waals surface area contributed by atoms with Gasteiger partial charge in [0.15, 0.2) is 0 Å². The molecule has 1 aliphatic carbocycles. The van der Waals surface area contributed by atoms with Crippen LogP contribution >= 0.6 is 12.2 Å². The molecule has 7 heteroatoms. The quantitative estimate of drug-likeness (QED) is 0.787. The van der Waals surface area contributed by atoms with E-state index in [1.165, 1.54) is 0 Å². The molecule has 3 N–H and O–H groups in total. The van der Waals surface area contributed by atoms with Gasteiger partial charge in [0.2, 0.25) is 5.91 Å². The summed E-state index contributed by atoms with van der Waals surface area (Å²) in [6.45, 7) is 3.35. The molecular weight excluding hydrogens is 277 g/mol. The van der Waals surface area contributed by atoms with E-state index in [2.05, 4.69) is 5.32 Å². The summed E-state index contributed by atoms with van der Waals surface area (Å²) >= 11 is 4.83. The first-order valence-corrected chi connectivity index (χ1v) is 6.63. The number of carbonyl (C=O) groups excluding carboxylic acids is 1. The summed E-state index contributed by atoms with van der Waals surface area (Å²) in [5.74, 6) is -1.93. The van der Waals surface area contributed by atoms with Gasteiger partial charge in [-0.2, -0.15) is 13.2 Å². The molecule has 19 heavy (non-hydrogen) atoms. The third-order valence-corrected chi connectivity index (χ3v) is 4.12. The number of halogens is 3. The van der Waals surface area contributed by atoms with Crippen molar-refractivity contribution in [3.05, 3.63) is 0 Å². The lowest BCUT2D eigenvalue weighted by Gasteiger charge is -2.32. The number of nitrogens with two attached hydrogens (primary N) is 1. The highest BCUT2D eigenvalue weighted by molar-refractivity contribution is 7.80. The molecule has 0 aromatic heterocycles. The van der Waals surface area contributed by atoms with Crippen molar-refractivity contribution in [2.24, 2.45) is 17.6 Å². The topological polar surface area (TPSA) is 55.1 Å². The van der Waals surface area contributed by atoms with Crippen LogP contribution < -0.4 is 11.1 Å². The van der Waals surface area contributed by atoms with Crippen LogP contribution in [0.5, 0.6) is 0 Å². The Hall–Kier alpha value is -0.850. The highest BCUT2D eigenvalue weighted by Crippen LogP contribution is 2.39. The minimum atomic E-state index is -4.15. The Bertz CT molecular complexity index is 360. The lowest BCUT2D eigenvalue weighted by atomic mass is 9.81. The van der Waals surface area contributed by atoms with Crippen molar-refractivity contribution in [2.45, 2.75) is 51.2 Å². The minimum absolute atomic E-state index is 0.00901. The monoisotopic (exact) mass is 296 g/mol. The summed E-state index contributed by atoms with van der Waals surface area (Å²) in [7, 11) is 0. The van der Waals surface area contributed by atoms with Crippen molar-refractivity contribution < 1.29 is 18.0 Å². The number of nitrogens with one attached hydrogen (secondary N) is 1. The SMILES string of the molecule is CC(C)(NC(=O)C1CCC(C(F)(F)F)CC1)C(N)=S. The van der Waals surface area contributed by atoms with Crippen molar-refractivity contribution >= 4 is 23.1 Å². The van der Waals surface area contributed by atoms with Crippen molar-refractivity contribution in [3.63, 3.8) is 0 Å². The van der Waals surface area contributed by atoms with Gasteiger partial charge in [0.1, 0.15) is 0 Å². The first kappa shape index (κ1) is 16.2. The van der Waals surface area contributed by atoms with Crippen LogP contribution in [0.25, 0.3) is 0 Å². The lowest BCUT2D eigenvalue weighted by Crippen LogP contribution is -2.54. The van der Waals surface area contributed by atoms with Gasteiger partial charge < -0.3 is 11.1 Å². The van der Waals surface area contributed by atoms with E-state index >= 15 is 0 Å². The summed E-state index contributed by atoms with van der Waals surface area (Å²) in [4.78, 5) is 12.1. The van der Waals surface area contributed by atoms with Crippen LogP contribution in [0, 0.1) is 11.8 Å². The Balaban J connectivity index is 2.52. The number of amides is 1. The molecule has 0 aromatic carbocycles. The number of rotatable bonds is 3. The molecule has 1 amide bonds. The molecule has 0 unspecified atom stereocenters. The van der Waals surface area contributed by atoms with Crippen LogP contribution in [0.15, 0.2) is 0 Å². The Morgan fingerprint density at radius 2 is 1.68 bits per heavy atom. The van der Waals surface area contributed by atoms with Crippen molar-refractivity contribution in [2.75, 3.05) is 0 Å². The van der Waals surface area contributed by atoms with Gasteiger partial charge >= 0.3 is 6.18 Å². The Morgan fingerprint density at radius 3 is 2.05 bits per heavy atom. The van der Waals surface area contributed by atoms with Crippen molar-refractivity contribution in [1.29, 1.82) is 0 Å². The van der Waals surface area contributed by atoms with E-state index in [0.29, 0.717) is 0 Å². The average Bonchev–Trinajstić information content (AvgIpc) is 2.27. The second-order valence-corrected chi connectivity index (χ2v) is 6.01. The molecule has 0 heterocycles. The maximum absolute atomic E-state index is 12.5. The summed E-state index contributed by atoms with van der Waals surface area (Å²) in [5, 5.41) is 2.69. The predicted molar refractivity (Wildman–Crippen MR) is 70.5 cm³/mol. The third-order valence-electron chi connectivity index (χ3n) is 3.61. The van der Waals surface area contributed by atoms with Crippen molar-refractivity contribution in [3.8, 4) is 0 Å². The van der Waals surface area contributed by atoms with Crippen LogP contribution in [-0.2, 0) is 4.79 Å². The maximum Gasteiger partial charge on any atom is 0.391 e. The van der Waals surface area contributed by atoms with Gasteiger partial charge in [0.05, 0.1) is 16.4 Å². The lowest BCUT2D eigenvalue weighted by molar-refractivity contribution is -0.184. The zero-order valence-electron chi connectivity index (χ0n) is 11.0. The normalized spacial score (nSPS) is 24.9. The summed E-state index contributed by atoms with van der Waals surface area (Å²) in [6, 6.07) is 0. The minimum Gasteiger partial charge on any atom is -0.391 e. The molecule has 1 aliphatic rings. The molecule has 3 nitrogen and oxygen atoms in total. The first-order chi connectivity index (χ1) is 8.54. The van der Waals surface area contributed by atoms with E-state index in [1.807, 2.05) is 0 Å². The summed E-state index contributed by atoms with van der Waals surface area (Å²) < 4.78 is 37.5. The average molecular weight is 296 g/mol. The molecule has 110 valence electrons. The molecule has 0 radical (unpaired) electrons. The molecule has 1 saturated carbocycles. The highest BCUT2D eigenvalue weighted by atomic mass is 32.1. The number of thiocarbonyl (C=S) groups is 1. The molecular formula is C12H19F3N2OS. The van der Waals surface area contributed by atoms with Crippen LogP contribution in [0.1, 0.15) is 39.5 Å². The van der Waals surface area contributed by atoms with Crippen molar-refractivity contribution in [1.82, 2.24) is 5.32 Å². The molecule has 0 aromatic rings. The van der Waals surface area contributed by atoms with Gasteiger partial charge in [-0.25, -0.2) is 0 Å². The van der Waals surface area contributed by atoms with Crippen LogP contribution in [0.2, 0.25) is 0 Å². The smallest absolute Gasteiger partial charge is 0.391 e. The zero-order chi connectivity index (χ0) is 14.8. The molecule has 0 bridgehead atoms. The van der Waals surface area contributed by atoms with Crippen LogP contribution in [-0.4, -0.2) is 22.6 Å². The van der Waals surface area contributed by atoms with E-state index < -0.39 is 17.6 Å². The van der Waals surface area contributed by atoms with Gasteiger partial charge in [-0.05, 0) is 39.5 Å². The second-order valence-electron chi connectivity index (χ2n) is 5.57. The van der Waals surface area contributed by atoms with Gasteiger partial charge in [0, 0.05) is 5.92 Å². The highest BCUT2D eigenvalue weighted by Gasteiger charge is 2.42. The predicted octanol–water partition coefficient (Wildman–Crippen LogP) is 2.54. The van der Waals surface area contributed by atoms with Gasteiger partial charge in [-0.15, -0.1) is 0 Å². The van der Waals surface area contributed by atoms with Gasteiger partial charge in [0.25, 0.3) is 0 Å². The van der Waals surface area contributed by atoms with E-state index in [0.717, 1.165) is 0 Å². The number of alkyl halides is 3. The maximum atomic E-state index is 12.5. The molecule has 0 atom stereocenters. The van der Waals surface area contributed by atoms with E-state index in [1.54, 1.807) is 13.8 Å². The molecule has 0 saturated heterocycles. The fourth-order valence-electron chi connectivity index (χ4n) is 2.15. The summed E-state index contributed by atoms with van der Waals surface area (Å²) in [5.41, 5.74) is 4.68. The van der Waals surface area contributed by atoms with Gasteiger partial charge in [-0.1, -0.05) is 12.2 Å². The van der Waals surface area contributed by atoms with E-state index in [9.17, 15) is 18.0 Å². The fraction of sp³-hybridized carbons (Fsp3) is 0.833. The standard InChI is InChI=1S/C12H19F3N2OS/c1-11(2,10(16)19)17-9(18)7-3-5-8(6-4-7)12(13,14)15/h7-8H,3-6H2,1-2H3,(H2,16,19)(H,17,18). The van der Waals surface area contributed by atoms with Gasteiger partial charge in [-0.3, -0.25) is 4.79 Å². The largest absolute Gasteiger partial charge is 0.391 e. The molecule has 0 spiro atoms. The molecule has 0 aliphatic heterocycles. The molecule has 1 rings (SSSR count). The Labute approximate surface area is 116 Å². The van der Waals surface area contributed by atoms with E-state index in [-0.39, 0.29) is 42.5 Å². The third kappa shape index (κ3) is 4.33. The number of hydrogen-bond donors (Lipinski definition) is 2. The Morgan fingerprint density at radius 1 is 1.21 bits per heavy atom. The van der Waals surface area contributed by atoms with E-state index in [4.69, 9.17) is 18.0 Å². The Kier molecular flexibility index (Phi) is 4.81. The van der Waals surface area contributed by atoms with Crippen LogP contribution in [0.3, 0.4) is 0 Å². The van der Waals surface area contributed by atoms with Crippen LogP contribution in [0.4, 0.5) is 13.2 Å².